The van der Waals surface area contributed by atoms with Crippen LogP contribution in [0.2, 0.25) is 0 Å². The molecule has 0 radical (unpaired) electrons. The van der Waals surface area contributed by atoms with Gasteiger partial charge in [-0.3, -0.25) is 0 Å². The first-order valence-corrected chi connectivity index (χ1v) is 7.27. The Morgan fingerprint density at radius 1 is 1.41 bits per heavy atom. The lowest BCUT2D eigenvalue weighted by atomic mass is 10.1. The first-order valence-electron chi connectivity index (χ1n) is 6.47. The van der Waals surface area contributed by atoms with E-state index in [1.807, 2.05) is 7.05 Å². The smallest absolute Gasteiger partial charge is 0.0425 e. The molecule has 1 saturated heterocycles. The molecule has 3 heteroatoms. The summed E-state index contributed by atoms with van der Waals surface area (Å²) in [6.45, 7) is 2.22. The number of nitrogens with one attached hydrogen (secondary N) is 1. The summed E-state index contributed by atoms with van der Waals surface area (Å²) >= 11 is 3.60. The molecular weight excluding hydrogens is 276 g/mol. The van der Waals surface area contributed by atoms with Gasteiger partial charge in [0, 0.05) is 29.3 Å². The molecule has 1 heterocycles. The fourth-order valence-corrected chi connectivity index (χ4v) is 3.71. The lowest BCUT2D eigenvalue weighted by Crippen LogP contribution is -2.33. The van der Waals surface area contributed by atoms with Crippen molar-refractivity contribution in [2.24, 2.45) is 5.92 Å². The van der Waals surface area contributed by atoms with Gasteiger partial charge in [-0.15, -0.1) is 0 Å². The molecule has 2 bridgehead atoms. The maximum Gasteiger partial charge on any atom is 0.0425 e. The van der Waals surface area contributed by atoms with Crippen LogP contribution >= 0.6 is 15.9 Å². The Labute approximate surface area is 112 Å². The third-order valence-electron chi connectivity index (χ3n) is 4.13. The maximum absolute atomic E-state index is 3.60. The van der Waals surface area contributed by atoms with E-state index >= 15 is 0 Å². The molecule has 3 rings (SSSR count). The zero-order chi connectivity index (χ0) is 11.8. The van der Waals surface area contributed by atoms with Crippen molar-refractivity contribution in [3.8, 4) is 0 Å². The van der Waals surface area contributed by atoms with Crippen molar-refractivity contribution in [2.75, 3.05) is 18.5 Å². The van der Waals surface area contributed by atoms with Gasteiger partial charge in [0.1, 0.15) is 0 Å². The van der Waals surface area contributed by atoms with Gasteiger partial charge in [-0.25, -0.2) is 0 Å². The molecule has 2 atom stereocenters. The van der Waals surface area contributed by atoms with Gasteiger partial charge in [0.15, 0.2) is 0 Å². The fraction of sp³-hybridized carbons (Fsp3) is 0.571. The first-order chi connectivity index (χ1) is 8.28. The second-order valence-electron chi connectivity index (χ2n) is 5.29. The second-order valence-corrected chi connectivity index (χ2v) is 6.20. The van der Waals surface area contributed by atoms with Crippen LogP contribution in [-0.2, 0) is 6.54 Å². The molecule has 92 valence electrons. The number of halogens is 1. The topological polar surface area (TPSA) is 15.3 Å². The Morgan fingerprint density at radius 2 is 2.29 bits per heavy atom. The molecule has 2 aliphatic rings. The molecule has 2 fully saturated rings. The minimum atomic E-state index is 0.796. The van der Waals surface area contributed by atoms with E-state index in [-0.39, 0.29) is 0 Å². The van der Waals surface area contributed by atoms with Crippen molar-refractivity contribution in [1.29, 1.82) is 0 Å². The standard InChI is InChI=1S/C14H19BrN2/c1-16-8-11-3-4-12(15)7-14(11)17-9-10-2-5-13(17)6-10/h3-4,7,10,13,16H,2,5-6,8-9H2,1H3. The second kappa shape index (κ2) is 4.62. The number of rotatable bonds is 3. The van der Waals surface area contributed by atoms with Gasteiger partial charge >= 0.3 is 0 Å². The Bertz CT molecular complexity index is 419. The van der Waals surface area contributed by atoms with Crippen LogP contribution in [0.1, 0.15) is 24.8 Å². The molecule has 1 aliphatic heterocycles. The predicted molar refractivity (Wildman–Crippen MR) is 75.4 cm³/mol. The molecule has 1 aromatic carbocycles. The summed E-state index contributed by atoms with van der Waals surface area (Å²) in [5.74, 6) is 0.946. The summed E-state index contributed by atoms with van der Waals surface area (Å²) in [4.78, 5) is 2.63. The zero-order valence-electron chi connectivity index (χ0n) is 10.2. The van der Waals surface area contributed by atoms with Crippen LogP contribution in [0.3, 0.4) is 0 Å². The van der Waals surface area contributed by atoms with Crippen LogP contribution in [0.5, 0.6) is 0 Å². The summed E-state index contributed by atoms with van der Waals surface area (Å²) in [5, 5.41) is 3.27. The van der Waals surface area contributed by atoms with Crippen LogP contribution in [0, 0.1) is 5.92 Å². The van der Waals surface area contributed by atoms with Gasteiger partial charge in [0.2, 0.25) is 0 Å². The Balaban J connectivity index is 1.92. The summed E-state index contributed by atoms with van der Waals surface area (Å²) in [6.07, 6.45) is 4.23. The average Bonchev–Trinajstić information content (AvgIpc) is 2.93. The van der Waals surface area contributed by atoms with Crippen LogP contribution in [0.4, 0.5) is 5.69 Å². The first kappa shape index (κ1) is 11.5. The van der Waals surface area contributed by atoms with Crippen LogP contribution in [0.15, 0.2) is 22.7 Å². The average molecular weight is 295 g/mol. The molecule has 17 heavy (non-hydrogen) atoms. The van der Waals surface area contributed by atoms with Gasteiger partial charge in [-0.05, 0) is 49.9 Å². The minimum Gasteiger partial charge on any atom is -0.368 e. The van der Waals surface area contributed by atoms with Crippen molar-refractivity contribution >= 4 is 21.6 Å². The molecule has 0 spiro atoms. The molecule has 1 N–H and O–H groups in total. The summed E-state index contributed by atoms with van der Waals surface area (Å²) in [5.41, 5.74) is 2.85. The Morgan fingerprint density at radius 3 is 2.94 bits per heavy atom. The van der Waals surface area contributed by atoms with E-state index in [1.54, 1.807) is 0 Å². The minimum absolute atomic E-state index is 0.796. The molecule has 0 aromatic heterocycles. The van der Waals surface area contributed by atoms with Gasteiger partial charge in [-0.2, -0.15) is 0 Å². The van der Waals surface area contributed by atoms with Gasteiger partial charge in [0.05, 0.1) is 0 Å². The molecule has 2 unspecified atom stereocenters. The normalized spacial score (nSPS) is 26.8. The Kier molecular flexibility index (Phi) is 3.14. The lowest BCUT2D eigenvalue weighted by molar-refractivity contribution is 0.552. The van der Waals surface area contributed by atoms with E-state index in [9.17, 15) is 0 Å². The van der Waals surface area contributed by atoms with Crippen molar-refractivity contribution in [3.05, 3.63) is 28.2 Å². The van der Waals surface area contributed by atoms with E-state index < -0.39 is 0 Å². The summed E-state index contributed by atoms with van der Waals surface area (Å²) < 4.78 is 1.19. The fourth-order valence-electron chi connectivity index (χ4n) is 3.36. The molecular formula is C14H19BrN2. The van der Waals surface area contributed by atoms with E-state index in [2.05, 4.69) is 44.3 Å². The number of fused-ring (bicyclic) bond motifs is 2. The number of nitrogens with zero attached hydrogens (tertiary/aromatic N) is 1. The molecule has 1 aromatic rings. The number of hydrogen-bond acceptors (Lipinski definition) is 2. The van der Waals surface area contributed by atoms with Crippen molar-refractivity contribution in [1.82, 2.24) is 5.32 Å². The third-order valence-corrected chi connectivity index (χ3v) is 4.63. The van der Waals surface area contributed by atoms with Crippen LogP contribution in [0.25, 0.3) is 0 Å². The zero-order valence-corrected chi connectivity index (χ0v) is 11.8. The van der Waals surface area contributed by atoms with Crippen LogP contribution < -0.4 is 10.2 Å². The van der Waals surface area contributed by atoms with Crippen molar-refractivity contribution < 1.29 is 0 Å². The molecule has 0 amide bonds. The third kappa shape index (κ3) is 2.11. The molecule has 1 saturated carbocycles. The van der Waals surface area contributed by atoms with E-state index in [0.717, 1.165) is 18.5 Å². The number of benzene rings is 1. The number of anilines is 1. The van der Waals surface area contributed by atoms with Gasteiger partial charge < -0.3 is 10.2 Å². The summed E-state index contributed by atoms with van der Waals surface area (Å²) in [6, 6.07) is 7.46. The molecule has 2 nitrogen and oxygen atoms in total. The maximum atomic E-state index is 3.60. The highest BCUT2D eigenvalue weighted by Crippen LogP contribution is 2.41. The lowest BCUT2D eigenvalue weighted by Gasteiger charge is -2.31. The largest absolute Gasteiger partial charge is 0.368 e. The highest BCUT2D eigenvalue weighted by Gasteiger charge is 2.38. The molecule has 1 aliphatic carbocycles. The van der Waals surface area contributed by atoms with Crippen LogP contribution in [-0.4, -0.2) is 19.6 Å². The highest BCUT2D eigenvalue weighted by atomic mass is 79.9. The number of hydrogen-bond donors (Lipinski definition) is 1. The highest BCUT2D eigenvalue weighted by molar-refractivity contribution is 9.10. The quantitative estimate of drug-likeness (QED) is 0.921. The SMILES string of the molecule is CNCc1ccc(Br)cc1N1CC2CCC1C2. The van der Waals surface area contributed by atoms with Crippen molar-refractivity contribution in [3.63, 3.8) is 0 Å². The Hall–Kier alpha value is -0.540. The van der Waals surface area contributed by atoms with Crippen molar-refractivity contribution in [2.45, 2.75) is 31.8 Å². The van der Waals surface area contributed by atoms with E-state index in [1.165, 1.54) is 41.5 Å². The number of piperidine rings is 1. The van der Waals surface area contributed by atoms with E-state index in [0.29, 0.717) is 0 Å². The van der Waals surface area contributed by atoms with Gasteiger partial charge in [0.25, 0.3) is 0 Å². The summed E-state index contributed by atoms with van der Waals surface area (Å²) in [7, 11) is 2.02. The van der Waals surface area contributed by atoms with E-state index in [4.69, 9.17) is 0 Å². The monoisotopic (exact) mass is 294 g/mol. The van der Waals surface area contributed by atoms with Gasteiger partial charge in [-0.1, -0.05) is 22.0 Å². The predicted octanol–water partition coefficient (Wildman–Crippen LogP) is 3.16.